The summed E-state index contributed by atoms with van der Waals surface area (Å²) >= 11 is 0. The molecule has 0 saturated heterocycles. The van der Waals surface area contributed by atoms with E-state index in [4.69, 9.17) is 0 Å². The van der Waals surface area contributed by atoms with E-state index in [9.17, 15) is 9.59 Å². The molecule has 50 valence electrons. The average molecular weight is 127 g/mol. The second kappa shape index (κ2) is 3.02. The van der Waals surface area contributed by atoms with Gasteiger partial charge in [-0.2, -0.15) is 0 Å². The molecule has 0 aromatic carbocycles. The fraction of sp³-hybridized carbons (Fsp3) is 0.333. The van der Waals surface area contributed by atoms with Crippen LogP contribution in [-0.2, 0) is 9.59 Å². The van der Waals surface area contributed by atoms with Crippen LogP contribution in [0.15, 0.2) is 12.2 Å². The van der Waals surface area contributed by atoms with Crippen LogP contribution in [0.25, 0.3) is 0 Å². The number of hydrogen-bond acceptors (Lipinski definition) is 2. The molecule has 0 unspecified atom stereocenters. The predicted molar refractivity (Wildman–Crippen MR) is 33.6 cm³/mol. The van der Waals surface area contributed by atoms with Gasteiger partial charge in [-0.15, -0.1) is 0 Å². The zero-order valence-electron chi connectivity index (χ0n) is 5.52. The highest BCUT2D eigenvalue weighted by molar-refractivity contribution is 6.02. The van der Waals surface area contributed by atoms with Crippen molar-refractivity contribution in [3.63, 3.8) is 0 Å². The summed E-state index contributed by atoms with van der Waals surface area (Å²) in [5.74, 6) is -0.773. The summed E-state index contributed by atoms with van der Waals surface area (Å²) in [4.78, 5) is 20.7. The van der Waals surface area contributed by atoms with E-state index in [-0.39, 0.29) is 5.91 Å². The Bertz CT molecular complexity index is 160. The van der Waals surface area contributed by atoms with Crippen molar-refractivity contribution in [3.8, 4) is 0 Å². The van der Waals surface area contributed by atoms with Crippen LogP contribution in [0.1, 0.15) is 13.8 Å². The van der Waals surface area contributed by atoms with Gasteiger partial charge in [-0.05, 0) is 6.92 Å². The van der Waals surface area contributed by atoms with Gasteiger partial charge in [0.1, 0.15) is 0 Å². The number of carbonyl (C=O) groups excluding carboxylic acids is 2. The van der Waals surface area contributed by atoms with Crippen LogP contribution in [0.5, 0.6) is 0 Å². The third-order valence-corrected chi connectivity index (χ3v) is 0.677. The highest BCUT2D eigenvalue weighted by Gasteiger charge is 2.01. The predicted octanol–water partition coefficient (Wildman–Crippen LogP) is 0.225. The van der Waals surface area contributed by atoms with Crippen molar-refractivity contribution >= 4 is 11.8 Å². The van der Waals surface area contributed by atoms with Gasteiger partial charge in [0.05, 0.1) is 0 Å². The van der Waals surface area contributed by atoms with Gasteiger partial charge in [0.25, 0.3) is 5.91 Å². The Labute approximate surface area is 53.7 Å². The summed E-state index contributed by atoms with van der Waals surface area (Å²) in [7, 11) is 0. The molecule has 0 aromatic rings. The van der Waals surface area contributed by atoms with Crippen LogP contribution in [0.2, 0.25) is 0 Å². The molecule has 0 radical (unpaired) electrons. The maximum Gasteiger partial charge on any atom is 0.252 e. The van der Waals surface area contributed by atoms with E-state index in [1.54, 1.807) is 0 Å². The average Bonchev–Trinajstić information content (AvgIpc) is 1.63. The standard InChI is InChI=1S/C6H9NO2/c1-4(2)6(9)7-5(3)8/h1H2,2-3H3,(H,7,8,9). The molecule has 2 amide bonds. The molecule has 0 heterocycles. The summed E-state index contributed by atoms with van der Waals surface area (Å²) in [6.07, 6.45) is 0. The van der Waals surface area contributed by atoms with Crippen LogP contribution in [-0.4, -0.2) is 11.8 Å². The Morgan fingerprint density at radius 3 is 1.89 bits per heavy atom. The lowest BCUT2D eigenvalue weighted by Gasteiger charge is -1.96. The van der Waals surface area contributed by atoms with Gasteiger partial charge in [0.2, 0.25) is 5.91 Å². The fourth-order valence-electron chi connectivity index (χ4n) is 0.267. The maximum absolute atomic E-state index is 10.5. The minimum Gasteiger partial charge on any atom is -0.293 e. The highest BCUT2D eigenvalue weighted by Crippen LogP contribution is 1.83. The molecule has 0 bridgehead atoms. The highest BCUT2D eigenvalue weighted by atomic mass is 16.2. The van der Waals surface area contributed by atoms with E-state index in [0.717, 1.165) is 0 Å². The molecule has 0 saturated carbocycles. The molecule has 0 aliphatic rings. The molecule has 0 rings (SSSR count). The molecule has 0 spiro atoms. The zero-order chi connectivity index (χ0) is 7.44. The van der Waals surface area contributed by atoms with E-state index < -0.39 is 5.91 Å². The Morgan fingerprint density at radius 2 is 1.78 bits per heavy atom. The molecule has 0 fully saturated rings. The van der Waals surface area contributed by atoms with Crippen LogP contribution >= 0.6 is 0 Å². The first-order valence-corrected chi connectivity index (χ1v) is 2.51. The molecule has 3 heteroatoms. The Hall–Kier alpha value is -1.12. The molecule has 3 nitrogen and oxygen atoms in total. The Kier molecular flexibility index (Phi) is 2.64. The second-order valence-electron chi connectivity index (χ2n) is 1.79. The first-order chi connectivity index (χ1) is 4.04. The largest absolute Gasteiger partial charge is 0.293 e. The number of imide groups is 1. The maximum atomic E-state index is 10.5. The van der Waals surface area contributed by atoms with E-state index in [1.807, 2.05) is 0 Å². The summed E-state index contributed by atoms with van der Waals surface area (Å²) < 4.78 is 0. The van der Waals surface area contributed by atoms with Gasteiger partial charge in [-0.1, -0.05) is 6.58 Å². The van der Waals surface area contributed by atoms with Gasteiger partial charge in [-0.25, -0.2) is 0 Å². The van der Waals surface area contributed by atoms with Gasteiger partial charge in [0, 0.05) is 12.5 Å². The van der Waals surface area contributed by atoms with Crippen molar-refractivity contribution in [1.29, 1.82) is 0 Å². The SMILES string of the molecule is C=C(C)C(=O)NC(C)=O. The van der Waals surface area contributed by atoms with Gasteiger partial charge in [0.15, 0.2) is 0 Å². The van der Waals surface area contributed by atoms with Gasteiger partial charge in [-0.3, -0.25) is 14.9 Å². The first kappa shape index (κ1) is 7.88. The van der Waals surface area contributed by atoms with E-state index in [2.05, 4.69) is 11.9 Å². The van der Waals surface area contributed by atoms with Crippen molar-refractivity contribution in [2.75, 3.05) is 0 Å². The Balaban J connectivity index is 3.79. The lowest BCUT2D eigenvalue weighted by molar-refractivity contribution is -0.127. The molecule has 0 aliphatic heterocycles. The van der Waals surface area contributed by atoms with Gasteiger partial charge < -0.3 is 0 Å². The molecular weight excluding hydrogens is 118 g/mol. The van der Waals surface area contributed by atoms with Crippen molar-refractivity contribution in [3.05, 3.63) is 12.2 Å². The minimum absolute atomic E-state index is 0.338. The number of rotatable bonds is 1. The first-order valence-electron chi connectivity index (χ1n) is 2.51. The monoisotopic (exact) mass is 127 g/mol. The number of hydrogen-bond donors (Lipinski definition) is 1. The smallest absolute Gasteiger partial charge is 0.252 e. The van der Waals surface area contributed by atoms with Crippen molar-refractivity contribution in [2.24, 2.45) is 0 Å². The van der Waals surface area contributed by atoms with Crippen molar-refractivity contribution in [2.45, 2.75) is 13.8 Å². The van der Waals surface area contributed by atoms with Crippen LogP contribution in [0.4, 0.5) is 0 Å². The quantitative estimate of drug-likeness (QED) is 0.512. The second-order valence-corrected chi connectivity index (χ2v) is 1.79. The normalized spacial score (nSPS) is 8.22. The minimum atomic E-state index is -0.414. The Morgan fingerprint density at radius 1 is 1.33 bits per heavy atom. The van der Waals surface area contributed by atoms with Crippen molar-refractivity contribution in [1.82, 2.24) is 5.32 Å². The lowest BCUT2D eigenvalue weighted by Crippen LogP contribution is -2.28. The molecule has 0 atom stereocenters. The topological polar surface area (TPSA) is 46.2 Å². The van der Waals surface area contributed by atoms with Crippen LogP contribution in [0.3, 0.4) is 0 Å². The summed E-state index contributed by atoms with van der Waals surface area (Å²) in [5, 5.41) is 2.06. The molecule has 0 aliphatic carbocycles. The summed E-state index contributed by atoms with van der Waals surface area (Å²) in [6.45, 7) is 6.16. The number of amides is 2. The third kappa shape index (κ3) is 3.46. The summed E-state index contributed by atoms with van der Waals surface area (Å²) in [5.41, 5.74) is 0.338. The number of nitrogens with one attached hydrogen (secondary N) is 1. The molecule has 0 aromatic heterocycles. The fourth-order valence-corrected chi connectivity index (χ4v) is 0.267. The van der Waals surface area contributed by atoms with E-state index in [1.165, 1.54) is 13.8 Å². The van der Waals surface area contributed by atoms with Crippen LogP contribution < -0.4 is 5.32 Å². The molecule has 1 N–H and O–H groups in total. The zero-order valence-corrected chi connectivity index (χ0v) is 5.52. The van der Waals surface area contributed by atoms with E-state index in [0.29, 0.717) is 5.57 Å². The lowest BCUT2D eigenvalue weighted by atomic mass is 10.3. The molecule has 9 heavy (non-hydrogen) atoms. The van der Waals surface area contributed by atoms with Crippen LogP contribution in [0, 0.1) is 0 Å². The van der Waals surface area contributed by atoms with Crippen molar-refractivity contribution < 1.29 is 9.59 Å². The number of carbonyl (C=O) groups is 2. The third-order valence-electron chi connectivity index (χ3n) is 0.677. The molecular formula is C6H9NO2. The van der Waals surface area contributed by atoms with E-state index >= 15 is 0 Å². The summed E-state index contributed by atoms with van der Waals surface area (Å²) in [6, 6.07) is 0. The van der Waals surface area contributed by atoms with Gasteiger partial charge >= 0.3 is 0 Å².